The first kappa shape index (κ1) is 21.3. The number of rotatable bonds is 8. The van der Waals surface area contributed by atoms with Crippen LogP contribution in [0.15, 0.2) is 36.4 Å². The Bertz CT molecular complexity index is 835. The number of hydrogen-bond acceptors (Lipinski definition) is 5. The fourth-order valence-electron chi connectivity index (χ4n) is 3.68. The minimum Gasteiger partial charge on any atom is -0.497 e. The molecule has 6 nitrogen and oxygen atoms in total. The minimum atomic E-state index is -0.203. The molecule has 1 N–H and O–H groups in total. The maximum atomic E-state index is 12.8. The number of methoxy groups -OCH3 is 3. The zero-order valence-electron chi connectivity index (χ0n) is 17.0. The molecular formula is C22H27ClN2O4. The van der Waals surface area contributed by atoms with Crippen molar-refractivity contribution >= 4 is 17.5 Å². The van der Waals surface area contributed by atoms with Gasteiger partial charge >= 0.3 is 0 Å². The Morgan fingerprint density at radius 2 is 1.76 bits per heavy atom. The largest absolute Gasteiger partial charge is 0.497 e. The van der Waals surface area contributed by atoms with Crippen molar-refractivity contribution < 1.29 is 19.0 Å². The third kappa shape index (κ3) is 4.95. The van der Waals surface area contributed by atoms with E-state index in [9.17, 15) is 4.79 Å². The summed E-state index contributed by atoms with van der Waals surface area (Å²) >= 11 is 6.24. The summed E-state index contributed by atoms with van der Waals surface area (Å²) in [5.41, 5.74) is 1.58. The van der Waals surface area contributed by atoms with Gasteiger partial charge in [0.05, 0.1) is 32.4 Å². The molecule has 1 saturated heterocycles. The predicted octanol–water partition coefficient (Wildman–Crippen LogP) is 3.93. The highest BCUT2D eigenvalue weighted by Gasteiger charge is 2.24. The predicted molar refractivity (Wildman–Crippen MR) is 113 cm³/mol. The van der Waals surface area contributed by atoms with Gasteiger partial charge in [-0.05, 0) is 55.8 Å². The summed E-state index contributed by atoms with van der Waals surface area (Å²) in [4.78, 5) is 15.2. The van der Waals surface area contributed by atoms with Crippen LogP contribution in [-0.4, -0.2) is 51.8 Å². The molecule has 0 bridgehead atoms. The first-order valence-electron chi connectivity index (χ1n) is 9.65. The van der Waals surface area contributed by atoms with E-state index in [1.807, 2.05) is 12.1 Å². The highest BCUT2D eigenvalue weighted by Crippen LogP contribution is 2.36. The number of ether oxygens (including phenoxy) is 3. The molecule has 1 heterocycles. The summed E-state index contributed by atoms with van der Waals surface area (Å²) in [7, 11) is 4.68. The normalized spacial score (nSPS) is 15.0. The molecule has 0 saturated carbocycles. The van der Waals surface area contributed by atoms with Crippen LogP contribution in [0.4, 0.5) is 0 Å². The molecule has 0 aromatic heterocycles. The van der Waals surface area contributed by atoms with Gasteiger partial charge in [-0.25, -0.2) is 0 Å². The molecule has 29 heavy (non-hydrogen) atoms. The van der Waals surface area contributed by atoms with Crippen molar-refractivity contribution in [1.29, 1.82) is 0 Å². The van der Waals surface area contributed by atoms with Gasteiger partial charge < -0.3 is 19.5 Å². The van der Waals surface area contributed by atoms with Gasteiger partial charge in [-0.1, -0.05) is 23.7 Å². The fraction of sp³-hybridized carbons (Fsp3) is 0.409. The molecule has 0 aliphatic carbocycles. The van der Waals surface area contributed by atoms with E-state index in [1.165, 1.54) is 27.1 Å². The Morgan fingerprint density at radius 1 is 1.07 bits per heavy atom. The molecule has 0 spiro atoms. The van der Waals surface area contributed by atoms with Crippen molar-refractivity contribution in [1.82, 2.24) is 10.2 Å². The van der Waals surface area contributed by atoms with Crippen LogP contribution in [0.3, 0.4) is 0 Å². The first-order chi connectivity index (χ1) is 14.1. The maximum Gasteiger partial charge on any atom is 0.251 e. The van der Waals surface area contributed by atoms with E-state index in [4.69, 9.17) is 25.8 Å². The van der Waals surface area contributed by atoms with Crippen LogP contribution >= 0.6 is 11.6 Å². The quantitative estimate of drug-likeness (QED) is 0.703. The van der Waals surface area contributed by atoms with Crippen LogP contribution in [0.25, 0.3) is 0 Å². The van der Waals surface area contributed by atoms with E-state index < -0.39 is 0 Å². The Kier molecular flexibility index (Phi) is 7.23. The van der Waals surface area contributed by atoms with Crippen molar-refractivity contribution in [3.05, 3.63) is 52.5 Å². The second kappa shape index (κ2) is 9.85. The summed E-state index contributed by atoms with van der Waals surface area (Å²) in [6.07, 6.45) is 2.35. The number of halogens is 1. The fourth-order valence-corrected chi connectivity index (χ4v) is 3.97. The van der Waals surface area contributed by atoms with E-state index in [0.717, 1.165) is 24.4 Å². The number of nitrogens with zero attached hydrogens (tertiary/aromatic N) is 1. The van der Waals surface area contributed by atoms with E-state index in [2.05, 4.69) is 22.3 Å². The zero-order valence-corrected chi connectivity index (χ0v) is 17.8. The summed E-state index contributed by atoms with van der Waals surface area (Å²) in [6.45, 7) is 2.54. The van der Waals surface area contributed by atoms with Crippen LogP contribution in [-0.2, 0) is 0 Å². The lowest BCUT2D eigenvalue weighted by Gasteiger charge is -2.28. The summed E-state index contributed by atoms with van der Waals surface area (Å²) < 4.78 is 15.8. The Morgan fingerprint density at radius 3 is 2.34 bits per heavy atom. The number of amides is 1. The number of carbonyl (C=O) groups excluding carboxylic acids is 1. The van der Waals surface area contributed by atoms with Crippen LogP contribution < -0.4 is 19.5 Å². The first-order valence-corrected chi connectivity index (χ1v) is 10.0. The lowest BCUT2D eigenvalue weighted by atomic mass is 10.0. The van der Waals surface area contributed by atoms with Crippen molar-refractivity contribution in [2.75, 3.05) is 41.0 Å². The Balaban J connectivity index is 1.76. The topological polar surface area (TPSA) is 60.0 Å². The van der Waals surface area contributed by atoms with Gasteiger partial charge in [-0.3, -0.25) is 9.69 Å². The van der Waals surface area contributed by atoms with E-state index >= 15 is 0 Å². The lowest BCUT2D eigenvalue weighted by molar-refractivity contribution is 0.0937. The van der Waals surface area contributed by atoms with E-state index in [0.29, 0.717) is 28.6 Å². The zero-order chi connectivity index (χ0) is 20.8. The summed E-state index contributed by atoms with van der Waals surface area (Å²) in [6, 6.07) is 11.3. The molecule has 0 radical (unpaired) electrons. The van der Waals surface area contributed by atoms with Crippen LogP contribution in [0.2, 0.25) is 5.02 Å². The molecule has 1 amide bonds. The number of likely N-dealkylation sites (tertiary alicyclic amines) is 1. The van der Waals surface area contributed by atoms with Crippen molar-refractivity contribution in [3.8, 4) is 17.2 Å². The minimum absolute atomic E-state index is 0.1000. The number of nitrogens with one attached hydrogen (secondary N) is 1. The third-order valence-electron chi connectivity index (χ3n) is 5.23. The van der Waals surface area contributed by atoms with E-state index in [-0.39, 0.29) is 11.9 Å². The van der Waals surface area contributed by atoms with Crippen molar-refractivity contribution in [2.45, 2.75) is 18.9 Å². The monoisotopic (exact) mass is 418 g/mol. The maximum absolute atomic E-state index is 12.8. The lowest BCUT2D eigenvalue weighted by Crippen LogP contribution is -2.36. The number of benzene rings is 2. The molecule has 2 aromatic carbocycles. The van der Waals surface area contributed by atoms with Gasteiger partial charge in [-0.15, -0.1) is 0 Å². The Hall–Kier alpha value is -2.44. The summed E-state index contributed by atoms with van der Waals surface area (Å²) in [5.74, 6) is 1.46. The average Bonchev–Trinajstić information content (AvgIpc) is 3.28. The molecule has 1 atom stereocenters. The average molecular weight is 419 g/mol. The molecule has 156 valence electrons. The molecule has 3 rings (SSSR count). The second-order valence-electron chi connectivity index (χ2n) is 6.94. The van der Waals surface area contributed by atoms with Crippen LogP contribution in [0.1, 0.15) is 34.8 Å². The van der Waals surface area contributed by atoms with Gasteiger partial charge in [0, 0.05) is 12.1 Å². The van der Waals surface area contributed by atoms with Gasteiger partial charge in [0.1, 0.15) is 5.75 Å². The summed E-state index contributed by atoms with van der Waals surface area (Å²) in [5, 5.41) is 3.39. The highest BCUT2D eigenvalue weighted by atomic mass is 35.5. The van der Waals surface area contributed by atoms with Crippen LogP contribution in [0.5, 0.6) is 17.2 Å². The Labute approximate surface area is 176 Å². The molecule has 1 aliphatic rings. The van der Waals surface area contributed by atoms with Gasteiger partial charge in [0.25, 0.3) is 5.91 Å². The van der Waals surface area contributed by atoms with Crippen molar-refractivity contribution in [2.24, 2.45) is 0 Å². The van der Waals surface area contributed by atoms with Gasteiger partial charge in [-0.2, -0.15) is 0 Å². The number of hydrogen-bond donors (Lipinski definition) is 1. The van der Waals surface area contributed by atoms with Crippen LogP contribution in [0, 0.1) is 0 Å². The smallest absolute Gasteiger partial charge is 0.251 e. The second-order valence-corrected chi connectivity index (χ2v) is 7.34. The van der Waals surface area contributed by atoms with E-state index in [1.54, 1.807) is 19.2 Å². The molecule has 1 aliphatic heterocycles. The standard InChI is InChI=1S/C22H27ClN2O4/c1-27-17-8-6-15(7-9-17)19(25-10-4-5-11-25)14-24-22(26)16-12-18(23)21(29-3)20(13-16)28-2/h6-9,12-13,19H,4-5,10-11,14H2,1-3H3,(H,24,26). The molecular weight excluding hydrogens is 392 g/mol. The van der Waals surface area contributed by atoms with Crippen molar-refractivity contribution in [3.63, 3.8) is 0 Å². The molecule has 2 aromatic rings. The van der Waals surface area contributed by atoms with Gasteiger partial charge in [0.2, 0.25) is 0 Å². The van der Waals surface area contributed by atoms with Gasteiger partial charge in [0.15, 0.2) is 11.5 Å². The molecule has 1 unspecified atom stereocenters. The molecule has 7 heteroatoms. The third-order valence-corrected chi connectivity index (χ3v) is 5.51. The SMILES string of the molecule is COc1ccc(C(CNC(=O)c2cc(Cl)c(OC)c(OC)c2)N2CCCC2)cc1. The molecule has 1 fully saturated rings. The number of carbonyl (C=O) groups is 1. The highest BCUT2D eigenvalue weighted by molar-refractivity contribution is 6.32.